The standard InChI is InChI=1S/C24H25ClF4N6/c1-2-3-8-31-23-32-20(16-6-7-19(26)18(25)14-16)15-21(33-23)34-10-12-35(13-11-34)22-17(24(27,28)29)5-4-9-30-22/h4-7,9,14-15H,2-3,8,10-13H2,1H3,(H,31,32,33). The number of nitrogens with one attached hydrogen (secondary N) is 1. The van der Waals surface area contributed by atoms with Gasteiger partial charge in [-0.05, 0) is 36.8 Å². The van der Waals surface area contributed by atoms with E-state index in [1.165, 1.54) is 24.4 Å². The lowest BCUT2D eigenvalue weighted by Gasteiger charge is -2.37. The zero-order valence-electron chi connectivity index (χ0n) is 19.1. The fraction of sp³-hybridized carbons (Fsp3) is 0.375. The number of hydrogen-bond donors (Lipinski definition) is 1. The van der Waals surface area contributed by atoms with Gasteiger partial charge in [0.25, 0.3) is 0 Å². The molecule has 0 atom stereocenters. The third kappa shape index (κ3) is 5.93. The second-order valence-corrected chi connectivity index (χ2v) is 8.60. The zero-order chi connectivity index (χ0) is 25.0. The lowest BCUT2D eigenvalue weighted by molar-refractivity contribution is -0.137. The topological polar surface area (TPSA) is 57.2 Å². The molecule has 0 amide bonds. The first-order chi connectivity index (χ1) is 16.8. The summed E-state index contributed by atoms with van der Waals surface area (Å²) in [6, 6.07) is 8.52. The normalized spacial score (nSPS) is 14.3. The summed E-state index contributed by atoms with van der Waals surface area (Å²) in [5, 5.41) is 3.21. The first kappa shape index (κ1) is 25.0. The van der Waals surface area contributed by atoms with Crippen LogP contribution in [0.15, 0.2) is 42.6 Å². The van der Waals surface area contributed by atoms with Crippen molar-refractivity contribution in [3.63, 3.8) is 0 Å². The van der Waals surface area contributed by atoms with E-state index in [0.29, 0.717) is 55.7 Å². The molecule has 4 rings (SSSR count). The van der Waals surface area contributed by atoms with Gasteiger partial charge >= 0.3 is 6.18 Å². The van der Waals surface area contributed by atoms with Crippen molar-refractivity contribution in [1.29, 1.82) is 0 Å². The maximum Gasteiger partial charge on any atom is 0.419 e. The molecule has 3 heterocycles. The number of benzene rings is 1. The Bertz CT molecular complexity index is 1160. The number of anilines is 3. The molecule has 2 aromatic heterocycles. The van der Waals surface area contributed by atoms with Crippen LogP contribution in [-0.4, -0.2) is 47.7 Å². The van der Waals surface area contributed by atoms with Gasteiger partial charge in [0.1, 0.15) is 17.5 Å². The van der Waals surface area contributed by atoms with Crippen LogP contribution < -0.4 is 15.1 Å². The predicted octanol–water partition coefficient (Wildman–Crippen LogP) is 5.89. The van der Waals surface area contributed by atoms with Crippen molar-refractivity contribution in [1.82, 2.24) is 15.0 Å². The summed E-state index contributed by atoms with van der Waals surface area (Å²) in [4.78, 5) is 16.8. The maximum absolute atomic E-state index is 13.7. The molecule has 11 heteroatoms. The fourth-order valence-corrected chi connectivity index (χ4v) is 4.05. The molecular formula is C24H25ClF4N6. The molecule has 1 saturated heterocycles. The maximum atomic E-state index is 13.7. The van der Waals surface area contributed by atoms with Gasteiger partial charge in [-0.25, -0.2) is 14.4 Å². The van der Waals surface area contributed by atoms with Crippen LogP contribution in [0.2, 0.25) is 5.02 Å². The van der Waals surface area contributed by atoms with Gasteiger partial charge in [0.2, 0.25) is 5.95 Å². The number of halogens is 5. The Balaban J connectivity index is 1.58. The van der Waals surface area contributed by atoms with Crippen molar-refractivity contribution < 1.29 is 17.6 Å². The van der Waals surface area contributed by atoms with E-state index in [1.54, 1.807) is 17.0 Å². The lowest BCUT2D eigenvalue weighted by atomic mass is 10.1. The molecule has 3 aromatic rings. The van der Waals surface area contributed by atoms with Crippen LogP contribution >= 0.6 is 11.6 Å². The van der Waals surface area contributed by atoms with E-state index >= 15 is 0 Å². The molecule has 1 fully saturated rings. The van der Waals surface area contributed by atoms with E-state index in [2.05, 4.69) is 27.2 Å². The minimum atomic E-state index is -4.47. The average Bonchev–Trinajstić information content (AvgIpc) is 2.85. The summed E-state index contributed by atoms with van der Waals surface area (Å²) in [6.45, 7) is 4.36. The van der Waals surface area contributed by atoms with Crippen molar-refractivity contribution in [2.75, 3.05) is 47.8 Å². The monoisotopic (exact) mass is 508 g/mol. The van der Waals surface area contributed by atoms with Crippen molar-refractivity contribution in [3.05, 3.63) is 59.0 Å². The van der Waals surface area contributed by atoms with Gasteiger partial charge in [0.05, 0.1) is 16.3 Å². The number of unbranched alkanes of at least 4 members (excludes halogenated alkanes) is 1. The molecule has 1 aliphatic heterocycles. The van der Waals surface area contributed by atoms with E-state index in [9.17, 15) is 17.6 Å². The largest absolute Gasteiger partial charge is 0.419 e. The Morgan fingerprint density at radius 2 is 1.77 bits per heavy atom. The van der Waals surface area contributed by atoms with Gasteiger partial charge in [-0.1, -0.05) is 24.9 Å². The van der Waals surface area contributed by atoms with E-state index in [4.69, 9.17) is 11.6 Å². The molecular weight excluding hydrogens is 484 g/mol. The van der Waals surface area contributed by atoms with E-state index in [0.717, 1.165) is 18.9 Å². The number of nitrogens with zero attached hydrogens (tertiary/aromatic N) is 5. The van der Waals surface area contributed by atoms with Gasteiger partial charge in [-0.3, -0.25) is 0 Å². The van der Waals surface area contributed by atoms with E-state index in [-0.39, 0.29) is 10.8 Å². The second-order valence-electron chi connectivity index (χ2n) is 8.19. The van der Waals surface area contributed by atoms with Gasteiger partial charge in [0, 0.05) is 50.6 Å². The van der Waals surface area contributed by atoms with Gasteiger partial charge < -0.3 is 15.1 Å². The predicted molar refractivity (Wildman–Crippen MR) is 129 cm³/mol. The van der Waals surface area contributed by atoms with Gasteiger partial charge in [0.15, 0.2) is 0 Å². The molecule has 1 aromatic carbocycles. The van der Waals surface area contributed by atoms with Crippen LogP contribution in [-0.2, 0) is 6.18 Å². The number of hydrogen-bond acceptors (Lipinski definition) is 6. The summed E-state index contributed by atoms with van der Waals surface area (Å²) in [6.07, 6.45) is -1.16. The summed E-state index contributed by atoms with van der Waals surface area (Å²) >= 11 is 5.98. The number of piperazine rings is 1. The highest BCUT2D eigenvalue weighted by molar-refractivity contribution is 6.31. The Morgan fingerprint density at radius 3 is 2.46 bits per heavy atom. The van der Waals surface area contributed by atoms with Crippen LogP contribution in [0.4, 0.5) is 35.1 Å². The van der Waals surface area contributed by atoms with Crippen LogP contribution in [0, 0.1) is 5.82 Å². The highest BCUT2D eigenvalue weighted by Gasteiger charge is 2.36. The third-order valence-corrected chi connectivity index (χ3v) is 6.03. The smallest absolute Gasteiger partial charge is 0.354 e. The Labute approximate surface area is 206 Å². The molecule has 0 saturated carbocycles. The van der Waals surface area contributed by atoms with Crippen molar-refractivity contribution in [2.45, 2.75) is 25.9 Å². The highest BCUT2D eigenvalue weighted by atomic mass is 35.5. The molecule has 186 valence electrons. The van der Waals surface area contributed by atoms with Crippen molar-refractivity contribution in [2.24, 2.45) is 0 Å². The minimum absolute atomic E-state index is 0.00685. The van der Waals surface area contributed by atoms with Crippen LogP contribution in [0.25, 0.3) is 11.3 Å². The number of rotatable bonds is 7. The zero-order valence-corrected chi connectivity index (χ0v) is 19.9. The lowest BCUT2D eigenvalue weighted by Crippen LogP contribution is -2.47. The van der Waals surface area contributed by atoms with Crippen molar-refractivity contribution >= 4 is 29.2 Å². The highest BCUT2D eigenvalue weighted by Crippen LogP contribution is 2.36. The Kier molecular flexibility index (Phi) is 7.59. The second kappa shape index (κ2) is 10.6. The summed E-state index contributed by atoms with van der Waals surface area (Å²) in [5.74, 6) is 0.477. The first-order valence-corrected chi connectivity index (χ1v) is 11.7. The summed E-state index contributed by atoms with van der Waals surface area (Å²) in [7, 11) is 0. The van der Waals surface area contributed by atoms with Crippen LogP contribution in [0.5, 0.6) is 0 Å². The summed E-state index contributed by atoms with van der Waals surface area (Å²) < 4.78 is 54.0. The van der Waals surface area contributed by atoms with Gasteiger partial charge in [-0.15, -0.1) is 0 Å². The van der Waals surface area contributed by atoms with E-state index < -0.39 is 17.6 Å². The fourth-order valence-electron chi connectivity index (χ4n) is 3.87. The van der Waals surface area contributed by atoms with Crippen molar-refractivity contribution in [3.8, 4) is 11.3 Å². The quantitative estimate of drug-likeness (QED) is 0.317. The Hall–Kier alpha value is -3.14. The first-order valence-electron chi connectivity index (χ1n) is 11.4. The number of pyridine rings is 1. The number of aromatic nitrogens is 3. The molecule has 1 aliphatic rings. The molecule has 0 spiro atoms. The van der Waals surface area contributed by atoms with Crippen LogP contribution in [0.3, 0.4) is 0 Å². The van der Waals surface area contributed by atoms with Crippen LogP contribution in [0.1, 0.15) is 25.3 Å². The minimum Gasteiger partial charge on any atom is -0.354 e. The molecule has 0 aliphatic carbocycles. The SMILES string of the molecule is CCCCNc1nc(-c2ccc(F)c(Cl)c2)cc(N2CCN(c3ncccc3C(F)(F)F)CC2)n1. The third-order valence-electron chi connectivity index (χ3n) is 5.74. The summed E-state index contributed by atoms with van der Waals surface area (Å²) in [5.41, 5.74) is 0.469. The molecule has 0 radical (unpaired) electrons. The molecule has 0 bridgehead atoms. The average molecular weight is 509 g/mol. The molecule has 35 heavy (non-hydrogen) atoms. The van der Waals surface area contributed by atoms with Gasteiger partial charge in [-0.2, -0.15) is 18.2 Å². The molecule has 1 N–H and O–H groups in total. The Morgan fingerprint density at radius 1 is 1.03 bits per heavy atom. The number of alkyl halides is 3. The molecule has 0 unspecified atom stereocenters. The van der Waals surface area contributed by atoms with E-state index in [1.807, 2.05) is 4.90 Å². The molecule has 6 nitrogen and oxygen atoms in total.